The third-order valence-corrected chi connectivity index (χ3v) is 7.66. The normalized spacial score (nSPS) is 13.0. The second-order valence-corrected chi connectivity index (χ2v) is 12.8. The fourth-order valence-electron chi connectivity index (χ4n) is 5.06. The van der Waals surface area contributed by atoms with Gasteiger partial charge in [0.2, 0.25) is 5.91 Å². The molecule has 43 heavy (non-hydrogen) atoms. The molecule has 2 atom stereocenters. The second kappa shape index (κ2) is 13.9. The molecular weight excluding hydrogens is 538 g/mol. The van der Waals surface area contributed by atoms with Crippen LogP contribution in [0, 0.1) is 20.8 Å². The summed E-state index contributed by atoms with van der Waals surface area (Å²) in [5, 5.41) is 5.94. The van der Waals surface area contributed by atoms with Crippen molar-refractivity contribution < 1.29 is 19.1 Å². The van der Waals surface area contributed by atoms with Crippen molar-refractivity contribution in [3.05, 3.63) is 101 Å². The van der Waals surface area contributed by atoms with Crippen LogP contribution in [0.2, 0.25) is 0 Å². The van der Waals surface area contributed by atoms with Crippen molar-refractivity contribution in [1.29, 1.82) is 0 Å². The molecule has 0 saturated heterocycles. The number of ether oxygens (including phenoxy) is 1. The Morgan fingerprint density at radius 1 is 0.837 bits per heavy atom. The Hall–Kier alpha value is -4.13. The summed E-state index contributed by atoms with van der Waals surface area (Å²) in [4.78, 5) is 44.0. The monoisotopic (exact) mass is 585 g/mol. The van der Waals surface area contributed by atoms with Crippen molar-refractivity contribution in [1.82, 2.24) is 10.2 Å². The van der Waals surface area contributed by atoms with Gasteiger partial charge in [0.15, 0.2) is 0 Å². The van der Waals surface area contributed by atoms with Gasteiger partial charge in [0.25, 0.3) is 5.91 Å². The van der Waals surface area contributed by atoms with Crippen LogP contribution in [-0.2, 0) is 20.7 Å². The number of nitrogens with one attached hydrogen (secondary N) is 2. The van der Waals surface area contributed by atoms with E-state index < -0.39 is 29.3 Å². The number of aryl methyl sites for hydroxylation is 3. The summed E-state index contributed by atoms with van der Waals surface area (Å²) >= 11 is 0. The molecule has 0 spiro atoms. The summed E-state index contributed by atoms with van der Waals surface area (Å²) in [6.07, 6.45) is 0.111. The smallest absolute Gasteiger partial charge is 0.408 e. The molecule has 0 bridgehead atoms. The van der Waals surface area contributed by atoms with Crippen molar-refractivity contribution in [2.45, 2.75) is 98.4 Å². The van der Waals surface area contributed by atoms with E-state index in [4.69, 9.17) is 4.74 Å². The fourth-order valence-corrected chi connectivity index (χ4v) is 5.06. The highest BCUT2D eigenvalue weighted by atomic mass is 16.6. The van der Waals surface area contributed by atoms with Crippen LogP contribution in [0.15, 0.2) is 72.8 Å². The van der Waals surface area contributed by atoms with Crippen LogP contribution in [-0.4, -0.2) is 40.0 Å². The highest BCUT2D eigenvalue weighted by Crippen LogP contribution is 2.35. The number of rotatable bonds is 10. The van der Waals surface area contributed by atoms with Gasteiger partial charge in [-0.15, -0.1) is 0 Å². The van der Waals surface area contributed by atoms with E-state index in [2.05, 4.69) is 10.6 Å². The largest absolute Gasteiger partial charge is 0.444 e. The maximum Gasteiger partial charge on any atom is 0.408 e. The number of carbonyl (C=O) groups excluding carboxylic acids is 3. The van der Waals surface area contributed by atoms with Gasteiger partial charge in [0, 0.05) is 17.6 Å². The number of para-hydroxylation sites is 1. The zero-order valence-electron chi connectivity index (χ0n) is 27.1. The maximum absolute atomic E-state index is 14.8. The molecule has 0 radical (unpaired) electrons. The number of nitrogens with zero attached hydrogens (tertiary/aromatic N) is 1. The number of amides is 3. The van der Waals surface area contributed by atoms with E-state index in [1.54, 1.807) is 25.7 Å². The molecule has 7 nitrogen and oxygen atoms in total. The highest BCUT2D eigenvalue weighted by molar-refractivity contribution is 6.00. The van der Waals surface area contributed by atoms with Crippen LogP contribution in [0.3, 0.4) is 0 Å². The summed E-state index contributed by atoms with van der Waals surface area (Å²) in [5.41, 5.74) is 3.64. The van der Waals surface area contributed by atoms with Crippen molar-refractivity contribution >= 4 is 23.6 Å². The minimum Gasteiger partial charge on any atom is -0.444 e. The molecule has 0 fully saturated rings. The molecule has 0 saturated carbocycles. The van der Waals surface area contributed by atoms with Gasteiger partial charge >= 0.3 is 6.09 Å². The lowest BCUT2D eigenvalue weighted by molar-refractivity contribution is -0.147. The zero-order valence-corrected chi connectivity index (χ0v) is 27.1. The molecule has 3 rings (SSSR count). The number of anilines is 1. The van der Waals surface area contributed by atoms with Gasteiger partial charge in [-0.2, -0.15) is 0 Å². The highest BCUT2D eigenvalue weighted by Gasteiger charge is 2.43. The summed E-state index contributed by atoms with van der Waals surface area (Å²) in [6.45, 7) is 17.1. The molecule has 230 valence electrons. The first-order chi connectivity index (χ1) is 20.1. The van der Waals surface area contributed by atoms with E-state index in [1.807, 2.05) is 114 Å². The minimum absolute atomic E-state index is 0.230. The first kappa shape index (κ1) is 33.4. The second-order valence-electron chi connectivity index (χ2n) is 12.8. The summed E-state index contributed by atoms with van der Waals surface area (Å²) in [5.74, 6) is -0.696. The van der Waals surface area contributed by atoms with Gasteiger partial charge in [-0.05, 0) is 90.1 Å². The average Bonchev–Trinajstić information content (AvgIpc) is 2.92. The van der Waals surface area contributed by atoms with E-state index in [9.17, 15) is 14.4 Å². The van der Waals surface area contributed by atoms with Gasteiger partial charge in [-0.25, -0.2) is 4.79 Å². The van der Waals surface area contributed by atoms with Gasteiger partial charge in [0.1, 0.15) is 17.7 Å². The molecule has 0 aliphatic carbocycles. The average molecular weight is 586 g/mol. The number of benzene rings is 3. The van der Waals surface area contributed by atoms with Crippen LogP contribution in [0.1, 0.15) is 81.8 Å². The van der Waals surface area contributed by atoms with Crippen molar-refractivity contribution in [2.75, 3.05) is 5.32 Å². The van der Waals surface area contributed by atoms with Crippen LogP contribution in [0.4, 0.5) is 10.5 Å². The van der Waals surface area contributed by atoms with E-state index in [0.717, 1.165) is 27.8 Å². The molecule has 3 amide bonds. The van der Waals surface area contributed by atoms with E-state index in [-0.39, 0.29) is 18.2 Å². The van der Waals surface area contributed by atoms with E-state index in [1.165, 1.54) is 0 Å². The topological polar surface area (TPSA) is 87.7 Å². The summed E-state index contributed by atoms with van der Waals surface area (Å²) in [7, 11) is 0. The van der Waals surface area contributed by atoms with Crippen molar-refractivity contribution in [3.8, 4) is 0 Å². The predicted molar refractivity (Wildman–Crippen MR) is 173 cm³/mol. The number of hydrogen-bond donors (Lipinski definition) is 2. The molecule has 0 aliphatic rings. The molecule has 7 heteroatoms. The molecule has 2 unspecified atom stereocenters. The zero-order chi connectivity index (χ0) is 31.9. The van der Waals surface area contributed by atoms with Gasteiger partial charge < -0.3 is 20.3 Å². The van der Waals surface area contributed by atoms with Crippen molar-refractivity contribution in [2.24, 2.45) is 0 Å². The lowest BCUT2D eigenvalue weighted by atomic mass is 9.89. The first-order valence-corrected chi connectivity index (χ1v) is 14.9. The molecule has 0 heterocycles. The van der Waals surface area contributed by atoms with Crippen LogP contribution in [0.25, 0.3) is 0 Å². The minimum atomic E-state index is -0.984. The third kappa shape index (κ3) is 8.93. The Morgan fingerprint density at radius 2 is 1.47 bits per heavy atom. The van der Waals surface area contributed by atoms with Crippen LogP contribution >= 0.6 is 0 Å². The Morgan fingerprint density at radius 3 is 2.05 bits per heavy atom. The summed E-state index contributed by atoms with van der Waals surface area (Å²) in [6, 6.07) is 21.0. The Labute approximate surface area is 257 Å². The number of carbonyl (C=O) groups is 3. The standard InChI is InChI=1S/C36H47N3O4/c1-10-36(8,9)39(33(41)30(23-27-17-12-11-13-18-27)38-34(42)43-35(5,6)7)31(28-21-20-24(2)22-26(28)4)32(40)37-29-19-15-14-16-25(29)3/h11-22,30-31H,10,23H2,1-9H3,(H,37,40)(H,38,42). The Bertz CT molecular complexity index is 1430. The van der Waals surface area contributed by atoms with Crippen LogP contribution < -0.4 is 10.6 Å². The van der Waals surface area contributed by atoms with Gasteiger partial charge in [-0.1, -0.05) is 79.2 Å². The molecular formula is C36H47N3O4. The fraction of sp³-hybridized carbons (Fsp3) is 0.417. The Kier molecular flexibility index (Phi) is 10.8. The number of alkyl carbamates (subject to hydrolysis) is 1. The molecule has 3 aromatic rings. The molecule has 2 N–H and O–H groups in total. The Balaban J connectivity index is 2.18. The van der Waals surface area contributed by atoms with Gasteiger partial charge in [0.05, 0.1) is 0 Å². The number of hydrogen-bond acceptors (Lipinski definition) is 4. The van der Waals surface area contributed by atoms with Gasteiger partial charge in [-0.3, -0.25) is 9.59 Å². The lowest BCUT2D eigenvalue weighted by Crippen LogP contribution is -2.59. The quantitative estimate of drug-likeness (QED) is 0.259. The lowest BCUT2D eigenvalue weighted by Gasteiger charge is -2.45. The SMILES string of the molecule is CCC(C)(C)N(C(=O)C(Cc1ccccc1)NC(=O)OC(C)(C)C)C(C(=O)Nc1ccccc1C)c1ccc(C)cc1C. The summed E-state index contributed by atoms with van der Waals surface area (Å²) < 4.78 is 5.56. The first-order valence-electron chi connectivity index (χ1n) is 14.9. The molecule has 0 aliphatic heterocycles. The van der Waals surface area contributed by atoms with E-state index >= 15 is 0 Å². The van der Waals surface area contributed by atoms with Crippen LogP contribution in [0.5, 0.6) is 0 Å². The van der Waals surface area contributed by atoms with E-state index in [0.29, 0.717) is 12.1 Å². The maximum atomic E-state index is 14.8. The third-order valence-electron chi connectivity index (χ3n) is 7.66. The van der Waals surface area contributed by atoms with Crippen molar-refractivity contribution in [3.63, 3.8) is 0 Å². The molecule has 3 aromatic carbocycles. The molecule has 0 aromatic heterocycles. The predicted octanol–water partition coefficient (Wildman–Crippen LogP) is 7.44.